The Hall–Kier alpha value is -1.65. The molecule has 0 unspecified atom stereocenters. The van der Waals surface area contributed by atoms with E-state index in [1.807, 2.05) is 36.8 Å². The summed E-state index contributed by atoms with van der Waals surface area (Å²) < 4.78 is 2.17. The molecule has 1 fully saturated rings. The largest absolute Gasteiger partial charge is 0.392 e. The third-order valence-corrected chi connectivity index (χ3v) is 4.36. The number of nitrogens with one attached hydrogen (secondary N) is 1. The fourth-order valence-corrected chi connectivity index (χ4v) is 2.94. The summed E-state index contributed by atoms with van der Waals surface area (Å²) in [6.45, 7) is 4.53. The van der Waals surface area contributed by atoms with E-state index in [0.29, 0.717) is 0 Å². The Balaban J connectivity index is 1.96. The lowest BCUT2D eigenvalue weighted by atomic mass is 9.78. The minimum atomic E-state index is 0.0838. The normalized spacial score (nSPS) is 18.1. The molecule has 0 radical (unpaired) electrons. The standard InChI is InChI=1S/C16H21N3O/c1-16(6-8-17-9-7-16)15-10-18-12-19(15)14-4-2-13(11-20)3-5-14/h2-5,10,12,17,20H,6-9,11H2,1H3. The summed E-state index contributed by atoms with van der Waals surface area (Å²) in [6.07, 6.45) is 6.14. The SMILES string of the molecule is CC1(c2cncn2-c2ccc(CO)cc2)CCNCC1. The monoisotopic (exact) mass is 271 g/mol. The van der Waals surface area contributed by atoms with E-state index in [4.69, 9.17) is 5.11 Å². The van der Waals surface area contributed by atoms with Crippen molar-refractivity contribution in [3.8, 4) is 5.69 Å². The first-order valence-electron chi connectivity index (χ1n) is 7.17. The van der Waals surface area contributed by atoms with Gasteiger partial charge in [-0.05, 0) is 43.6 Å². The average molecular weight is 271 g/mol. The number of hydrogen-bond acceptors (Lipinski definition) is 3. The number of nitrogens with zero attached hydrogens (tertiary/aromatic N) is 2. The van der Waals surface area contributed by atoms with Crippen molar-refractivity contribution in [1.29, 1.82) is 0 Å². The van der Waals surface area contributed by atoms with Crippen LogP contribution in [0.1, 0.15) is 31.0 Å². The summed E-state index contributed by atoms with van der Waals surface area (Å²) in [5.74, 6) is 0. The van der Waals surface area contributed by atoms with Gasteiger partial charge in [0.1, 0.15) is 0 Å². The van der Waals surface area contributed by atoms with Gasteiger partial charge in [-0.1, -0.05) is 19.1 Å². The second kappa shape index (κ2) is 5.38. The molecule has 4 nitrogen and oxygen atoms in total. The zero-order valence-corrected chi connectivity index (χ0v) is 11.8. The molecule has 0 aliphatic carbocycles. The Bertz CT molecular complexity index is 568. The van der Waals surface area contributed by atoms with E-state index in [1.54, 1.807) is 0 Å². The quantitative estimate of drug-likeness (QED) is 0.898. The smallest absolute Gasteiger partial charge is 0.0994 e. The van der Waals surface area contributed by atoms with Crippen LogP contribution >= 0.6 is 0 Å². The number of imidazole rings is 1. The molecule has 0 bridgehead atoms. The Morgan fingerprint density at radius 2 is 1.95 bits per heavy atom. The van der Waals surface area contributed by atoms with Crippen LogP contribution < -0.4 is 5.32 Å². The molecule has 1 aromatic carbocycles. The lowest BCUT2D eigenvalue weighted by molar-refractivity contribution is 0.282. The van der Waals surface area contributed by atoms with Gasteiger partial charge >= 0.3 is 0 Å². The van der Waals surface area contributed by atoms with Gasteiger partial charge in [0.25, 0.3) is 0 Å². The maximum absolute atomic E-state index is 9.13. The highest BCUT2D eigenvalue weighted by molar-refractivity contribution is 5.37. The maximum atomic E-state index is 9.13. The highest BCUT2D eigenvalue weighted by Gasteiger charge is 2.31. The van der Waals surface area contributed by atoms with Crippen molar-refractivity contribution in [1.82, 2.24) is 14.9 Å². The molecule has 3 rings (SSSR count). The van der Waals surface area contributed by atoms with Gasteiger partial charge in [0.2, 0.25) is 0 Å². The predicted molar refractivity (Wildman–Crippen MR) is 78.9 cm³/mol. The third-order valence-electron chi connectivity index (χ3n) is 4.36. The van der Waals surface area contributed by atoms with Crippen molar-refractivity contribution in [2.45, 2.75) is 31.8 Å². The van der Waals surface area contributed by atoms with E-state index < -0.39 is 0 Å². The minimum absolute atomic E-state index is 0.0838. The number of rotatable bonds is 3. The molecule has 0 amide bonds. The number of piperidine rings is 1. The molecule has 2 aromatic rings. The average Bonchev–Trinajstić information content (AvgIpc) is 2.98. The zero-order chi connectivity index (χ0) is 14.0. The van der Waals surface area contributed by atoms with E-state index in [9.17, 15) is 0 Å². The maximum Gasteiger partial charge on any atom is 0.0994 e. The molecular formula is C16H21N3O. The van der Waals surface area contributed by atoms with Crippen LogP contribution in [0.5, 0.6) is 0 Å². The van der Waals surface area contributed by atoms with Gasteiger partial charge in [-0.3, -0.25) is 0 Å². The van der Waals surface area contributed by atoms with Gasteiger partial charge in [0, 0.05) is 23.0 Å². The minimum Gasteiger partial charge on any atom is -0.392 e. The van der Waals surface area contributed by atoms with Gasteiger partial charge < -0.3 is 15.0 Å². The fraction of sp³-hybridized carbons (Fsp3) is 0.438. The van der Waals surface area contributed by atoms with Gasteiger partial charge in [-0.15, -0.1) is 0 Å². The van der Waals surface area contributed by atoms with E-state index in [-0.39, 0.29) is 12.0 Å². The molecule has 20 heavy (non-hydrogen) atoms. The third kappa shape index (κ3) is 2.37. The molecule has 0 atom stereocenters. The van der Waals surface area contributed by atoms with Crippen molar-refractivity contribution in [3.05, 3.63) is 48.0 Å². The molecule has 1 saturated heterocycles. The fourth-order valence-electron chi connectivity index (χ4n) is 2.94. The van der Waals surface area contributed by atoms with Crippen LogP contribution in [-0.2, 0) is 12.0 Å². The highest BCUT2D eigenvalue weighted by atomic mass is 16.3. The first kappa shape index (κ1) is 13.3. The second-order valence-corrected chi connectivity index (χ2v) is 5.78. The molecule has 1 aliphatic heterocycles. The molecule has 4 heteroatoms. The van der Waals surface area contributed by atoms with Gasteiger partial charge in [0.15, 0.2) is 0 Å². The summed E-state index contributed by atoms with van der Waals surface area (Å²) in [7, 11) is 0. The summed E-state index contributed by atoms with van der Waals surface area (Å²) in [5, 5.41) is 12.6. The molecule has 106 valence electrons. The summed E-state index contributed by atoms with van der Waals surface area (Å²) in [4.78, 5) is 4.35. The summed E-state index contributed by atoms with van der Waals surface area (Å²) >= 11 is 0. The molecule has 2 heterocycles. The molecule has 1 aromatic heterocycles. The van der Waals surface area contributed by atoms with Gasteiger partial charge in [-0.2, -0.15) is 0 Å². The molecular weight excluding hydrogens is 250 g/mol. The number of aromatic nitrogens is 2. The number of aliphatic hydroxyl groups is 1. The Kier molecular flexibility index (Phi) is 3.59. The van der Waals surface area contributed by atoms with Crippen molar-refractivity contribution < 1.29 is 5.11 Å². The first-order chi connectivity index (χ1) is 9.73. The highest BCUT2D eigenvalue weighted by Crippen LogP contribution is 2.33. The van der Waals surface area contributed by atoms with Crippen LogP contribution in [0.4, 0.5) is 0 Å². The molecule has 0 saturated carbocycles. The van der Waals surface area contributed by atoms with Crippen LogP contribution in [0.3, 0.4) is 0 Å². The Morgan fingerprint density at radius 1 is 1.25 bits per heavy atom. The van der Waals surface area contributed by atoms with E-state index in [0.717, 1.165) is 37.2 Å². The van der Waals surface area contributed by atoms with E-state index in [1.165, 1.54) is 5.69 Å². The Morgan fingerprint density at radius 3 is 2.60 bits per heavy atom. The van der Waals surface area contributed by atoms with Gasteiger partial charge in [-0.25, -0.2) is 4.98 Å². The molecule has 2 N–H and O–H groups in total. The van der Waals surface area contributed by atoms with Crippen LogP contribution in [0.25, 0.3) is 5.69 Å². The molecule has 1 aliphatic rings. The predicted octanol–water partition coefficient (Wildman–Crippen LogP) is 2.01. The Labute approximate surface area is 119 Å². The number of aliphatic hydroxyl groups excluding tert-OH is 1. The first-order valence-corrected chi connectivity index (χ1v) is 7.17. The summed E-state index contributed by atoms with van der Waals surface area (Å²) in [5.41, 5.74) is 3.49. The van der Waals surface area contributed by atoms with Crippen molar-refractivity contribution in [3.63, 3.8) is 0 Å². The van der Waals surface area contributed by atoms with E-state index in [2.05, 4.69) is 21.8 Å². The van der Waals surface area contributed by atoms with E-state index >= 15 is 0 Å². The van der Waals surface area contributed by atoms with Crippen molar-refractivity contribution >= 4 is 0 Å². The molecule has 0 spiro atoms. The number of benzene rings is 1. The zero-order valence-electron chi connectivity index (χ0n) is 11.8. The van der Waals surface area contributed by atoms with Crippen molar-refractivity contribution in [2.75, 3.05) is 13.1 Å². The number of hydrogen-bond donors (Lipinski definition) is 2. The van der Waals surface area contributed by atoms with Crippen LogP contribution in [0.2, 0.25) is 0 Å². The topological polar surface area (TPSA) is 50.1 Å². The lowest BCUT2D eigenvalue weighted by Gasteiger charge is -2.34. The van der Waals surface area contributed by atoms with Gasteiger partial charge in [0.05, 0.1) is 12.9 Å². The van der Waals surface area contributed by atoms with Crippen molar-refractivity contribution in [2.24, 2.45) is 0 Å². The lowest BCUT2D eigenvalue weighted by Crippen LogP contribution is -2.38. The van der Waals surface area contributed by atoms with Crippen LogP contribution in [-0.4, -0.2) is 27.7 Å². The van der Waals surface area contributed by atoms with Crippen LogP contribution in [0, 0.1) is 0 Å². The second-order valence-electron chi connectivity index (χ2n) is 5.78. The van der Waals surface area contributed by atoms with Crippen LogP contribution in [0.15, 0.2) is 36.8 Å². The summed E-state index contributed by atoms with van der Waals surface area (Å²) in [6, 6.07) is 8.01.